The summed E-state index contributed by atoms with van der Waals surface area (Å²) in [5.41, 5.74) is 8.23. The second-order valence-corrected chi connectivity index (χ2v) is 16.8. The van der Waals surface area contributed by atoms with Crippen LogP contribution in [0.1, 0.15) is 115 Å². The predicted molar refractivity (Wildman–Crippen MR) is 168 cm³/mol. The maximum atomic E-state index is 3.40. The fraction of sp³-hybridized carbons (Fsp3) is 0.629. The van der Waals surface area contributed by atoms with E-state index >= 15 is 0 Å². The molecule has 0 spiro atoms. The number of hydrogen-bond donors (Lipinski definition) is 0. The molecule has 3 unspecified atom stereocenters. The molecule has 0 nitrogen and oxygen atoms in total. The molecule has 0 aliphatic heterocycles. The molecular formula is C35H51AuP2. The Morgan fingerprint density at radius 3 is 1.82 bits per heavy atom. The molecule has 0 radical (unpaired) electrons. The van der Waals surface area contributed by atoms with Crippen LogP contribution in [0.4, 0.5) is 0 Å². The molecule has 38 heavy (non-hydrogen) atoms. The van der Waals surface area contributed by atoms with E-state index in [0.29, 0.717) is 11.3 Å². The van der Waals surface area contributed by atoms with Gasteiger partial charge in [-0.05, 0) is 76.3 Å². The van der Waals surface area contributed by atoms with E-state index in [4.69, 9.17) is 0 Å². The van der Waals surface area contributed by atoms with Crippen molar-refractivity contribution in [3.8, 4) is 0 Å². The van der Waals surface area contributed by atoms with Gasteiger partial charge in [-0.2, -0.15) is 20.9 Å². The minimum Gasteiger partial charge on any atom is -0.180 e. The summed E-state index contributed by atoms with van der Waals surface area (Å²) in [5.74, 6) is 3.36. The smallest absolute Gasteiger partial charge is 0.180 e. The van der Waals surface area contributed by atoms with E-state index in [1.54, 1.807) is 11.2 Å². The molecule has 6 rings (SSSR count). The van der Waals surface area contributed by atoms with Gasteiger partial charge < -0.3 is 0 Å². The van der Waals surface area contributed by atoms with Gasteiger partial charge in [-0.1, -0.05) is 104 Å². The van der Waals surface area contributed by atoms with Crippen molar-refractivity contribution < 1.29 is 22.4 Å². The molecule has 4 aliphatic carbocycles. The van der Waals surface area contributed by atoms with E-state index in [1.165, 1.54) is 55.2 Å². The Hall–Kier alpha value is -0.0897. The average molecular weight is 731 g/mol. The summed E-state index contributed by atoms with van der Waals surface area (Å²) in [7, 11) is 6.77. The molecule has 3 heteroatoms. The SMILES string of the molecule is CC(Cc1ccccc1)c1ccc(C(P)(C(C)(C)C)C(C)(C)C)c([C-](P)C23CC4CC(CC(C4)C2)C3)c1.[Au+]. The molecule has 4 fully saturated rings. The van der Waals surface area contributed by atoms with E-state index in [-0.39, 0.29) is 38.4 Å². The Morgan fingerprint density at radius 1 is 0.842 bits per heavy atom. The first kappa shape index (κ1) is 30.9. The Morgan fingerprint density at radius 2 is 1.34 bits per heavy atom. The van der Waals surface area contributed by atoms with Gasteiger partial charge in [0.1, 0.15) is 0 Å². The zero-order chi connectivity index (χ0) is 26.8. The third-order valence-corrected chi connectivity index (χ3v) is 13.7. The summed E-state index contributed by atoms with van der Waals surface area (Å²) in [6.07, 6.45) is 9.82. The molecule has 4 bridgehead atoms. The summed E-state index contributed by atoms with van der Waals surface area (Å²) in [5, 5.41) is -0.0410. The maximum absolute atomic E-state index is 3.40. The summed E-state index contributed by atoms with van der Waals surface area (Å²) in [4.78, 5) is 0. The van der Waals surface area contributed by atoms with Crippen LogP contribution in [0, 0.1) is 39.7 Å². The first-order valence-corrected chi connectivity index (χ1v) is 16.0. The van der Waals surface area contributed by atoms with Crippen LogP contribution in [0.25, 0.3) is 0 Å². The van der Waals surface area contributed by atoms with E-state index in [9.17, 15) is 0 Å². The largest absolute Gasteiger partial charge is 1.00 e. The third-order valence-electron chi connectivity index (χ3n) is 10.7. The van der Waals surface area contributed by atoms with Crippen LogP contribution < -0.4 is 0 Å². The van der Waals surface area contributed by atoms with Crippen molar-refractivity contribution in [1.82, 2.24) is 0 Å². The average Bonchev–Trinajstić information content (AvgIpc) is 2.81. The normalized spacial score (nSPS) is 27.7. The molecule has 0 heterocycles. The molecule has 3 atom stereocenters. The molecule has 0 saturated heterocycles. The Kier molecular flexibility index (Phi) is 8.90. The molecule has 2 aromatic carbocycles. The van der Waals surface area contributed by atoms with E-state index in [1.807, 2.05) is 0 Å². The van der Waals surface area contributed by atoms with Gasteiger partial charge in [0, 0.05) is 0 Å². The minimum atomic E-state index is -0.0410. The van der Waals surface area contributed by atoms with Gasteiger partial charge in [-0.15, -0.1) is 32.1 Å². The van der Waals surface area contributed by atoms with Crippen molar-refractivity contribution in [2.24, 2.45) is 34.0 Å². The van der Waals surface area contributed by atoms with Crippen LogP contribution in [-0.2, 0) is 34.0 Å². The maximum Gasteiger partial charge on any atom is 1.00 e. The molecule has 2 aromatic rings. The van der Waals surface area contributed by atoms with Crippen LogP contribution >= 0.6 is 18.5 Å². The predicted octanol–water partition coefficient (Wildman–Crippen LogP) is 10.2. The second-order valence-electron chi connectivity index (χ2n) is 15.3. The fourth-order valence-electron chi connectivity index (χ4n) is 9.18. The molecule has 4 saturated carbocycles. The fourth-order valence-corrected chi connectivity index (χ4v) is 10.0. The van der Waals surface area contributed by atoms with Crippen molar-refractivity contribution in [3.63, 3.8) is 0 Å². The molecule has 0 N–H and O–H groups in total. The second kappa shape index (κ2) is 11.0. The van der Waals surface area contributed by atoms with E-state index in [0.717, 1.165) is 24.2 Å². The molecule has 4 aliphatic rings. The van der Waals surface area contributed by atoms with Gasteiger partial charge in [0.15, 0.2) is 0 Å². The Labute approximate surface area is 254 Å². The van der Waals surface area contributed by atoms with Gasteiger partial charge in [-0.25, -0.2) is 0 Å². The van der Waals surface area contributed by atoms with Gasteiger partial charge in [0.25, 0.3) is 0 Å². The van der Waals surface area contributed by atoms with Gasteiger partial charge in [0.05, 0.1) is 0 Å². The van der Waals surface area contributed by atoms with Crippen LogP contribution in [0.3, 0.4) is 0 Å². The quantitative estimate of drug-likeness (QED) is 0.158. The van der Waals surface area contributed by atoms with Crippen molar-refractivity contribution in [2.45, 2.75) is 104 Å². The van der Waals surface area contributed by atoms with Crippen LogP contribution in [-0.4, -0.2) is 0 Å². The van der Waals surface area contributed by atoms with Gasteiger partial charge in [-0.3, -0.25) is 0 Å². The zero-order valence-electron chi connectivity index (χ0n) is 24.8. The van der Waals surface area contributed by atoms with Crippen molar-refractivity contribution in [2.75, 3.05) is 0 Å². The van der Waals surface area contributed by atoms with Crippen LogP contribution in [0.2, 0.25) is 0 Å². The topological polar surface area (TPSA) is 0 Å². The summed E-state index contributed by atoms with van der Waals surface area (Å²) in [6, 6.07) is 18.6. The molecule has 212 valence electrons. The monoisotopic (exact) mass is 730 g/mol. The van der Waals surface area contributed by atoms with Crippen molar-refractivity contribution in [3.05, 3.63) is 76.4 Å². The Balaban J connectivity index is 0.00000336. The van der Waals surface area contributed by atoms with Crippen molar-refractivity contribution >= 4 is 18.5 Å². The minimum absolute atomic E-state index is 0. The number of rotatable bonds is 6. The first-order chi connectivity index (χ1) is 17.2. The van der Waals surface area contributed by atoms with Crippen LogP contribution in [0.15, 0.2) is 48.5 Å². The Bertz CT molecular complexity index is 1060. The molecule has 0 amide bonds. The molecule has 0 aromatic heterocycles. The van der Waals surface area contributed by atoms with E-state index in [2.05, 4.69) is 115 Å². The van der Waals surface area contributed by atoms with Crippen LogP contribution in [0.5, 0.6) is 0 Å². The standard InChI is InChI=1S/C35H51P2.Au/c1-23(15-24-11-9-8-10-12-24)28-13-14-30(35(37,32(2,3)4)33(5,6)7)29(19-28)31(36)34-20-25-16-26(21-34)18-27(17-25)22-34;/h8-14,19,23,25-27H,15-18,20-22,36-37H2,1-7H3;/q-1;+1. The molecular weight excluding hydrogens is 679 g/mol. The van der Waals surface area contributed by atoms with Gasteiger partial charge >= 0.3 is 22.4 Å². The van der Waals surface area contributed by atoms with E-state index < -0.39 is 0 Å². The summed E-state index contributed by atoms with van der Waals surface area (Å²) >= 11 is 0. The third kappa shape index (κ3) is 5.41. The number of hydrogen-bond acceptors (Lipinski definition) is 0. The number of benzene rings is 2. The summed E-state index contributed by atoms with van der Waals surface area (Å²) in [6.45, 7) is 17.0. The summed E-state index contributed by atoms with van der Waals surface area (Å²) < 4.78 is 0. The first-order valence-electron chi connectivity index (χ1n) is 14.8. The van der Waals surface area contributed by atoms with Crippen molar-refractivity contribution in [1.29, 1.82) is 0 Å². The van der Waals surface area contributed by atoms with Gasteiger partial charge in [0.2, 0.25) is 0 Å². The zero-order valence-corrected chi connectivity index (χ0v) is 29.3.